The number of halogens is 1. The van der Waals surface area contributed by atoms with Gasteiger partial charge in [0.2, 0.25) is 5.95 Å². The molecule has 1 aliphatic rings. The van der Waals surface area contributed by atoms with Crippen molar-refractivity contribution in [3.63, 3.8) is 0 Å². The van der Waals surface area contributed by atoms with Crippen molar-refractivity contribution < 1.29 is 9.23 Å². The van der Waals surface area contributed by atoms with Gasteiger partial charge in [-0.15, -0.1) is 0 Å². The molecule has 0 N–H and O–H groups in total. The minimum atomic E-state index is -0.558. The summed E-state index contributed by atoms with van der Waals surface area (Å²) in [7, 11) is 3.46. The van der Waals surface area contributed by atoms with Crippen LogP contribution in [-0.4, -0.2) is 38.9 Å². The van der Waals surface area contributed by atoms with Gasteiger partial charge in [-0.25, -0.2) is 9.97 Å². The molecule has 1 aliphatic carbocycles. The number of aromatic nitrogens is 3. The van der Waals surface area contributed by atoms with Crippen LogP contribution in [0.3, 0.4) is 0 Å². The number of rotatable bonds is 5. The molecule has 0 saturated heterocycles. The van der Waals surface area contributed by atoms with Gasteiger partial charge in [0.05, 0.1) is 16.9 Å². The fourth-order valence-electron chi connectivity index (χ4n) is 4.90. The number of aryl methyl sites for hydroxylation is 1. The number of fused-ring (bicyclic) bond motifs is 1. The van der Waals surface area contributed by atoms with E-state index < -0.39 is 17.1 Å². The average Bonchev–Trinajstić information content (AvgIpc) is 2.90. The number of pyridine rings is 3. The topological polar surface area (TPSA) is 120 Å². The lowest BCUT2D eigenvalue weighted by Gasteiger charge is -2.37. The van der Waals surface area contributed by atoms with Gasteiger partial charge in [0.25, 0.3) is 5.56 Å². The first-order chi connectivity index (χ1) is 18.0. The maximum Gasteiger partial charge on any atom is 0.270 e. The Morgan fingerprint density at radius 1 is 1.16 bits per heavy atom. The summed E-state index contributed by atoms with van der Waals surface area (Å²) in [6, 6.07) is 10.4. The Kier molecular flexibility index (Phi) is 7.45. The molecule has 0 amide bonds. The molecule has 0 unspecified atom stereocenters. The molecule has 0 aromatic carbocycles. The van der Waals surface area contributed by atoms with Crippen LogP contribution in [0.5, 0.6) is 0 Å². The van der Waals surface area contributed by atoms with Crippen molar-refractivity contribution in [2.75, 3.05) is 11.9 Å². The van der Waals surface area contributed by atoms with E-state index in [0.29, 0.717) is 22.3 Å². The first kappa shape index (κ1) is 26.7. The Balaban J connectivity index is 1.66. The van der Waals surface area contributed by atoms with Crippen molar-refractivity contribution in [2.24, 2.45) is 18.1 Å². The van der Waals surface area contributed by atoms with Crippen molar-refractivity contribution in [3.05, 3.63) is 63.6 Å². The predicted octanol–water partition coefficient (Wildman–Crippen LogP) is 4.43. The Bertz CT molecular complexity index is 1520. The molecule has 3 heterocycles. The molecule has 0 aliphatic heterocycles. The van der Waals surface area contributed by atoms with Gasteiger partial charge in [-0.3, -0.25) is 4.79 Å². The summed E-state index contributed by atoms with van der Waals surface area (Å²) in [5, 5.41) is 23.8. The van der Waals surface area contributed by atoms with Crippen molar-refractivity contribution in [1.29, 1.82) is 10.5 Å². The van der Waals surface area contributed by atoms with E-state index in [2.05, 4.69) is 21.2 Å². The van der Waals surface area contributed by atoms with Crippen LogP contribution < -0.4 is 10.5 Å². The molecule has 0 atom stereocenters. The Hall–Kier alpha value is -4.31. The standard InChI is InChI=1S/C28H30FN7O2/c1-28(2,3)38-34-24(18-8-13-23(29)32-16-18)17-6-10-20(11-7-17)35(4)26-21(15-31)27(37)36(5)22-12-9-19(14-30)33-25(22)26/h8-9,12-13,16-17,20H,6-7,10-11H2,1-5H3/b34-24+/t17-,20-. The minimum absolute atomic E-state index is 0.00503. The molecular formula is C28H30FN7O2. The first-order valence-electron chi connectivity index (χ1n) is 12.5. The maximum absolute atomic E-state index is 13.5. The Morgan fingerprint density at radius 2 is 1.87 bits per heavy atom. The van der Waals surface area contributed by atoms with Crippen LogP contribution in [0.15, 0.2) is 40.4 Å². The summed E-state index contributed by atoms with van der Waals surface area (Å²) in [4.78, 5) is 29.0. The van der Waals surface area contributed by atoms with Crippen LogP contribution in [0.1, 0.15) is 63.3 Å². The van der Waals surface area contributed by atoms with Gasteiger partial charge in [-0.1, -0.05) is 5.16 Å². The lowest BCUT2D eigenvalue weighted by Crippen LogP contribution is -2.39. The molecule has 0 spiro atoms. The van der Waals surface area contributed by atoms with Crippen LogP contribution in [0.2, 0.25) is 0 Å². The summed E-state index contributed by atoms with van der Waals surface area (Å²) >= 11 is 0. The molecule has 38 heavy (non-hydrogen) atoms. The maximum atomic E-state index is 13.5. The highest BCUT2D eigenvalue weighted by Gasteiger charge is 2.31. The molecule has 1 fully saturated rings. The third-order valence-electron chi connectivity index (χ3n) is 6.87. The largest absolute Gasteiger partial charge is 0.390 e. The van der Waals surface area contributed by atoms with Gasteiger partial charge >= 0.3 is 0 Å². The molecule has 1 saturated carbocycles. The van der Waals surface area contributed by atoms with E-state index in [0.717, 1.165) is 31.4 Å². The second kappa shape index (κ2) is 10.6. The quantitative estimate of drug-likeness (QED) is 0.280. The van der Waals surface area contributed by atoms with Gasteiger partial charge in [0.1, 0.15) is 34.5 Å². The second-order valence-corrected chi connectivity index (χ2v) is 10.5. The molecule has 9 nitrogen and oxygen atoms in total. The fraction of sp³-hybridized carbons (Fsp3) is 0.429. The van der Waals surface area contributed by atoms with E-state index in [1.165, 1.54) is 16.8 Å². The van der Waals surface area contributed by atoms with E-state index in [4.69, 9.17) is 4.84 Å². The molecule has 4 rings (SSSR count). The van der Waals surface area contributed by atoms with Gasteiger partial charge in [-0.05, 0) is 70.7 Å². The van der Waals surface area contributed by atoms with Crippen LogP contribution in [0.25, 0.3) is 11.0 Å². The molecule has 3 aromatic rings. The fourth-order valence-corrected chi connectivity index (χ4v) is 4.90. The van der Waals surface area contributed by atoms with Crippen molar-refractivity contribution in [1.82, 2.24) is 14.5 Å². The van der Waals surface area contributed by atoms with E-state index in [-0.39, 0.29) is 23.2 Å². The Morgan fingerprint density at radius 3 is 2.45 bits per heavy atom. The van der Waals surface area contributed by atoms with Gasteiger partial charge in [-0.2, -0.15) is 14.9 Å². The summed E-state index contributed by atoms with van der Waals surface area (Å²) in [5.41, 5.74) is 2.22. The minimum Gasteiger partial charge on any atom is -0.390 e. The van der Waals surface area contributed by atoms with E-state index in [1.54, 1.807) is 25.2 Å². The zero-order valence-corrected chi connectivity index (χ0v) is 22.2. The van der Waals surface area contributed by atoms with Gasteiger partial charge in [0.15, 0.2) is 0 Å². The number of hydrogen-bond donors (Lipinski definition) is 0. The monoisotopic (exact) mass is 515 g/mol. The number of hydrogen-bond acceptors (Lipinski definition) is 8. The number of nitrogens with zero attached hydrogens (tertiary/aromatic N) is 7. The second-order valence-electron chi connectivity index (χ2n) is 10.5. The zero-order chi connectivity index (χ0) is 27.6. The van der Waals surface area contributed by atoms with Crippen LogP contribution in [0, 0.1) is 34.5 Å². The summed E-state index contributed by atoms with van der Waals surface area (Å²) in [6.07, 6.45) is 4.51. The summed E-state index contributed by atoms with van der Waals surface area (Å²) in [5.74, 6) is -0.494. The lowest BCUT2D eigenvalue weighted by molar-refractivity contribution is -0.0000352. The van der Waals surface area contributed by atoms with E-state index in [1.807, 2.05) is 38.8 Å². The summed E-state index contributed by atoms with van der Waals surface area (Å²) < 4.78 is 14.9. The van der Waals surface area contributed by atoms with Crippen molar-refractivity contribution in [2.45, 2.75) is 58.1 Å². The van der Waals surface area contributed by atoms with Crippen molar-refractivity contribution >= 4 is 22.4 Å². The zero-order valence-electron chi connectivity index (χ0n) is 22.2. The van der Waals surface area contributed by atoms with Crippen LogP contribution in [-0.2, 0) is 11.9 Å². The molecular weight excluding hydrogens is 485 g/mol. The molecule has 0 radical (unpaired) electrons. The average molecular weight is 516 g/mol. The van der Waals surface area contributed by atoms with E-state index in [9.17, 15) is 19.7 Å². The number of nitriles is 2. The van der Waals surface area contributed by atoms with Gasteiger partial charge < -0.3 is 14.3 Å². The Labute approximate surface area is 220 Å². The highest BCUT2D eigenvalue weighted by atomic mass is 19.1. The molecule has 10 heteroatoms. The number of anilines is 1. The first-order valence-corrected chi connectivity index (χ1v) is 12.5. The van der Waals surface area contributed by atoms with Crippen molar-refractivity contribution in [3.8, 4) is 12.1 Å². The lowest BCUT2D eigenvalue weighted by atomic mass is 9.80. The molecule has 0 bridgehead atoms. The smallest absolute Gasteiger partial charge is 0.270 e. The molecule has 3 aromatic heterocycles. The van der Waals surface area contributed by atoms with Crippen LogP contribution >= 0.6 is 0 Å². The third kappa shape index (κ3) is 5.35. The highest BCUT2D eigenvalue weighted by molar-refractivity contribution is 6.01. The van der Waals surface area contributed by atoms with Gasteiger partial charge in [0, 0.05) is 37.8 Å². The van der Waals surface area contributed by atoms with E-state index >= 15 is 0 Å². The molecule has 196 valence electrons. The normalized spacial score (nSPS) is 18.1. The SMILES string of the molecule is Cn1c(=O)c(C#N)c(N(C)[C@H]2CC[C@H](/C(=N\OC(C)(C)C)c3ccc(F)nc3)CC2)c2nc(C#N)ccc21. The van der Waals surface area contributed by atoms with Crippen LogP contribution in [0.4, 0.5) is 10.1 Å². The number of oxime groups is 1. The summed E-state index contributed by atoms with van der Waals surface area (Å²) in [6.45, 7) is 5.74. The predicted molar refractivity (Wildman–Crippen MR) is 142 cm³/mol. The third-order valence-corrected chi connectivity index (χ3v) is 6.87. The highest BCUT2D eigenvalue weighted by Crippen LogP contribution is 2.35.